The third-order valence-corrected chi connectivity index (χ3v) is 2.88. The number of nitrogens with two attached hydrogens (primary N) is 1. The molecule has 21 heavy (non-hydrogen) atoms. The van der Waals surface area contributed by atoms with Gasteiger partial charge in [0.2, 0.25) is 5.91 Å². The maximum absolute atomic E-state index is 12.0. The van der Waals surface area contributed by atoms with Crippen molar-refractivity contribution < 1.29 is 14.3 Å². The van der Waals surface area contributed by atoms with E-state index >= 15 is 0 Å². The summed E-state index contributed by atoms with van der Waals surface area (Å²) in [7, 11) is 0. The van der Waals surface area contributed by atoms with Crippen molar-refractivity contribution in [3.8, 4) is 0 Å². The van der Waals surface area contributed by atoms with Gasteiger partial charge in [0, 0.05) is 13.0 Å². The maximum Gasteiger partial charge on any atom is 0.315 e. The lowest BCUT2D eigenvalue weighted by atomic mass is 9.99. The standard InChI is InChI=1S/C15H22N2O3.ClH/c1-2-20-15(19)13(12-7-4-3-5-8-12)11-17-14(18)9-6-10-16;/h3-5,7-8,13H,2,6,9-11,16H2,1H3,(H,17,18);1H. The van der Waals surface area contributed by atoms with Crippen molar-refractivity contribution in [1.82, 2.24) is 5.32 Å². The van der Waals surface area contributed by atoms with Gasteiger partial charge in [-0.15, -0.1) is 12.4 Å². The molecule has 6 heteroatoms. The van der Waals surface area contributed by atoms with Crippen LogP contribution in [-0.4, -0.2) is 31.6 Å². The first-order valence-electron chi connectivity index (χ1n) is 6.87. The number of hydrogen-bond donors (Lipinski definition) is 2. The zero-order chi connectivity index (χ0) is 14.8. The van der Waals surface area contributed by atoms with Crippen LogP contribution in [0.15, 0.2) is 30.3 Å². The lowest BCUT2D eigenvalue weighted by Crippen LogP contribution is -2.32. The molecule has 0 aliphatic rings. The molecule has 3 N–H and O–H groups in total. The van der Waals surface area contributed by atoms with Gasteiger partial charge in [-0.05, 0) is 25.5 Å². The molecule has 0 spiro atoms. The molecule has 0 saturated carbocycles. The lowest BCUT2D eigenvalue weighted by molar-refractivity contribution is -0.144. The Morgan fingerprint density at radius 2 is 1.95 bits per heavy atom. The molecule has 0 fully saturated rings. The van der Waals surface area contributed by atoms with Crippen LogP contribution in [0.25, 0.3) is 0 Å². The minimum atomic E-state index is -0.474. The van der Waals surface area contributed by atoms with Gasteiger partial charge in [-0.25, -0.2) is 0 Å². The van der Waals surface area contributed by atoms with Gasteiger partial charge in [-0.3, -0.25) is 9.59 Å². The van der Waals surface area contributed by atoms with E-state index in [1.807, 2.05) is 30.3 Å². The van der Waals surface area contributed by atoms with E-state index in [1.54, 1.807) is 6.92 Å². The fraction of sp³-hybridized carbons (Fsp3) is 0.467. The number of nitrogens with one attached hydrogen (secondary N) is 1. The fourth-order valence-electron chi connectivity index (χ4n) is 1.83. The molecule has 0 aliphatic carbocycles. The molecule has 1 amide bonds. The van der Waals surface area contributed by atoms with Crippen molar-refractivity contribution in [1.29, 1.82) is 0 Å². The molecule has 1 aromatic rings. The molecule has 118 valence electrons. The number of esters is 1. The Morgan fingerprint density at radius 3 is 2.52 bits per heavy atom. The molecule has 0 aromatic heterocycles. The zero-order valence-electron chi connectivity index (χ0n) is 12.2. The Bertz CT molecular complexity index is 426. The summed E-state index contributed by atoms with van der Waals surface area (Å²) >= 11 is 0. The van der Waals surface area contributed by atoms with Gasteiger partial charge < -0.3 is 15.8 Å². The normalized spacial score (nSPS) is 11.1. The number of carbonyl (C=O) groups excluding carboxylic acids is 2. The highest BCUT2D eigenvalue weighted by molar-refractivity contribution is 5.85. The number of carbonyl (C=O) groups is 2. The van der Waals surface area contributed by atoms with Gasteiger partial charge in [-0.1, -0.05) is 30.3 Å². The minimum absolute atomic E-state index is 0. The zero-order valence-corrected chi connectivity index (χ0v) is 13.0. The highest BCUT2D eigenvalue weighted by Gasteiger charge is 2.22. The van der Waals surface area contributed by atoms with Crippen LogP contribution in [-0.2, 0) is 14.3 Å². The second kappa shape index (κ2) is 11.1. The minimum Gasteiger partial charge on any atom is -0.465 e. The van der Waals surface area contributed by atoms with Gasteiger partial charge in [-0.2, -0.15) is 0 Å². The average Bonchev–Trinajstić information content (AvgIpc) is 2.46. The van der Waals surface area contributed by atoms with Gasteiger partial charge >= 0.3 is 5.97 Å². The van der Waals surface area contributed by atoms with E-state index in [-0.39, 0.29) is 30.8 Å². The Balaban J connectivity index is 0.00000400. The second-order valence-electron chi connectivity index (χ2n) is 4.41. The lowest BCUT2D eigenvalue weighted by Gasteiger charge is -2.16. The number of rotatable bonds is 8. The maximum atomic E-state index is 12.0. The summed E-state index contributed by atoms with van der Waals surface area (Å²) in [6, 6.07) is 9.31. The summed E-state index contributed by atoms with van der Waals surface area (Å²) in [4.78, 5) is 23.6. The number of ether oxygens (including phenoxy) is 1. The molecular formula is C15H23ClN2O3. The van der Waals surface area contributed by atoms with Crippen LogP contribution >= 0.6 is 12.4 Å². The van der Waals surface area contributed by atoms with E-state index in [2.05, 4.69) is 5.32 Å². The first kappa shape index (κ1) is 19.4. The monoisotopic (exact) mass is 314 g/mol. The molecule has 0 bridgehead atoms. The van der Waals surface area contributed by atoms with Crippen LogP contribution < -0.4 is 11.1 Å². The van der Waals surface area contributed by atoms with Crippen molar-refractivity contribution in [3.05, 3.63) is 35.9 Å². The van der Waals surface area contributed by atoms with E-state index < -0.39 is 5.92 Å². The van der Waals surface area contributed by atoms with Crippen LogP contribution in [0.1, 0.15) is 31.2 Å². The predicted molar refractivity (Wildman–Crippen MR) is 84.4 cm³/mol. The largest absolute Gasteiger partial charge is 0.465 e. The summed E-state index contributed by atoms with van der Waals surface area (Å²) in [5.41, 5.74) is 6.20. The van der Waals surface area contributed by atoms with E-state index in [0.717, 1.165) is 5.56 Å². The van der Waals surface area contributed by atoms with Crippen molar-refractivity contribution in [2.45, 2.75) is 25.7 Å². The van der Waals surface area contributed by atoms with Crippen LogP contribution in [0.4, 0.5) is 0 Å². The first-order valence-corrected chi connectivity index (χ1v) is 6.87. The molecule has 5 nitrogen and oxygen atoms in total. The predicted octanol–water partition coefficient (Wildman–Crippen LogP) is 1.61. The molecule has 0 radical (unpaired) electrons. The quantitative estimate of drug-likeness (QED) is 0.714. The smallest absolute Gasteiger partial charge is 0.315 e. The average molecular weight is 315 g/mol. The summed E-state index contributed by atoms with van der Waals surface area (Å²) in [6.45, 7) is 2.81. The second-order valence-corrected chi connectivity index (χ2v) is 4.41. The van der Waals surface area contributed by atoms with Crippen LogP contribution in [0.2, 0.25) is 0 Å². The van der Waals surface area contributed by atoms with Gasteiger partial charge in [0.15, 0.2) is 0 Å². The van der Waals surface area contributed by atoms with Crippen LogP contribution in [0.3, 0.4) is 0 Å². The molecule has 0 aliphatic heterocycles. The fourth-order valence-corrected chi connectivity index (χ4v) is 1.83. The van der Waals surface area contributed by atoms with Crippen molar-refractivity contribution in [2.24, 2.45) is 5.73 Å². The van der Waals surface area contributed by atoms with Gasteiger partial charge in [0.25, 0.3) is 0 Å². The van der Waals surface area contributed by atoms with E-state index in [1.165, 1.54) is 0 Å². The third-order valence-electron chi connectivity index (χ3n) is 2.88. The van der Waals surface area contributed by atoms with Gasteiger partial charge in [0.1, 0.15) is 0 Å². The Labute approximate surface area is 131 Å². The van der Waals surface area contributed by atoms with E-state index in [9.17, 15) is 9.59 Å². The van der Waals surface area contributed by atoms with Crippen molar-refractivity contribution in [3.63, 3.8) is 0 Å². The molecule has 1 rings (SSSR count). The third kappa shape index (κ3) is 7.11. The van der Waals surface area contributed by atoms with E-state index in [0.29, 0.717) is 26.0 Å². The number of benzene rings is 1. The Morgan fingerprint density at radius 1 is 1.29 bits per heavy atom. The Kier molecular flexibility index (Phi) is 10.3. The van der Waals surface area contributed by atoms with Crippen molar-refractivity contribution >= 4 is 24.3 Å². The first-order chi connectivity index (χ1) is 9.69. The summed E-state index contributed by atoms with van der Waals surface area (Å²) in [5, 5.41) is 2.76. The molecule has 1 aromatic carbocycles. The van der Waals surface area contributed by atoms with Crippen molar-refractivity contribution in [2.75, 3.05) is 19.7 Å². The highest BCUT2D eigenvalue weighted by atomic mass is 35.5. The number of amides is 1. The number of hydrogen-bond acceptors (Lipinski definition) is 4. The van der Waals surface area contributed by atoms with Crippen LogP contribution in [0.5, 0.6) is 0 Å². The summed E-state index contributed by atoms with van der Waals surface area (Å²) in [6.07, 6.45) is 1.02. The SMILES string of the molecule is CCOC(=O)C(CNC(=O)CCCN)c1ccccc1.Cl. The topological polar surface area (TPSA) is 81.4 Å². The summed E-state index contributed by atoms with van der Waals surface area (Å²) in [5.74, 6) is -0.892. The molecule has 1 unspecified atom stereocenters. The molecular weight excluding hydrogens is 292 g/mol. The van der Waals surface area contributed by atoms with Crippen LogP contribution in [0, 0.1) is 0 Å². The Hall–Kier alpha value is -1.59. The highest BCUT2D eigenvalue weighted by Crippen LogP contribution is 2.16. The van der Waals surface area contributed by atoms with Gasteiger partial charge in [0.05, 0.1) is 12.5 Å². The molecule has 0 saturated heterocycles. The number of halogens is 1. The summed E-state index contributed by atoms with van der Waals surface area (Å²) < 4.78 is 5.06. The van der Waals surface area contributed by atoms with E-state index in [4.69, 9.17) is 10.5 Å². The molecule has 0 heterocycles. The molecule has 1 atom stereocenters.